The topological polar surface area (TPSA) is 30.7 Å². The van der Waals surface area contributed by atoms with Gasteiger partial charge in [0.25, 0.3) is 0 Å². The first-order chi connectivity index (χ1) is 14.1. The molecule has 0 radical (unpaired) electrons. The summed E-state index contributed by atoms with van der Waals surface area (Å²) in [6.45, 7) is 6.84. The van der Waals surface area contributed by atoms with Crippen LogP contribution in [-0.4, -0.2) is 14.8 Å². The molecule has 0 spiro atoms. The fraction of sp³-hybridized carbons (Fsp3) is 0.360. The van der Waals surface area contributed by atoms with Crippen molar-refractivity contribution in [3.63, 3.8) is 0 Å². The summed E-state index contributed by atoms with van der Waals surface area (Å²) in [7, 11) is 0. The zero-order chi connectivity index (χ0) is 20.4. The molecule has 0 saturated heterocycles. The van der Waals surface area contributed by atoms with E-state index in [1.165, 1.54) is 23.3 Å². The van der Waals surface area contributed by atoms with Gasteiger partial charge in [-0.2, -0.15) is 5.10 Å². The third kappa shape index (κ3) is 3.41. The van der Waals surface area contributed by atoms with Crippen molar-refractivity contribution >= 4 is 6.08 Å². The van der Waals surface area contributed by atoms with Gasteiger partial charge < -0.3 is 0 Å². The molecule has 3 aromatic rings. The summed E-state index contributed by atoms with van der Waals surface area (Å²) in [6.07, 6.45) is 10.4. The monoisotopic (exact) mass is 389 g/mol. The van der Waals surface area contributed by atoms with E-state index in [9.17, 15) is 4.39 Å². The molecule has 0 N–H and O–H groups in total. The Labute approximate surface area is 172 Å². The molecular formula is C25H28FN3. The highest BCUT2D eigenvalue weighted by molar-refractivity contribution is 5.61. The standard InChI is InChI=1S/C25H28FN3/c1-4-8-20-15-24-19(17-28-29(24)22-12-10-21(26)11-13-22)16-25(20,5-2)18(3)23-9-6-7-14-27-23/h6-7,9-15,17-18H,4-5,8,16H2,1-3H3. The van der Waals surface area contributed by atoms with Crippen LogP contribution in [0.3, 0.4) is 0 Å². The van der Waals surface area contributed by atoms with Crippen LogP contribution in [0.4, 0.5) is 4.39 Å². The van der Waals surface area contributed by atoms with E-state index in [0.717, 1.165) is 42.8 Å². The van der Waals surface area contributed by atoms with Gasteiger partial charge in [0.2, 0.25) is 0 Å². The first kappa shape index (κ1) is 19.6. The Bertz CT molecular complexity index is 1000. The largest absolute Gasteiger partial charge is 0.261 e. The molecule has 1 aliphatic carbocycles. The summed E-state index contributed by atoms with van der Waals surface area (Å²) < 4.78 is 15.3. The van der Waals surface area contributed by atoms with Gasteiger partial charge in [-0.1, -0.05) is 38.8 Å². The van der Waals surface area contributed by atoms with E-state index >= 15 is 0 Å². The van der Waals surface area contributed by atoms with E-state index in [1.54, 1.807) is 12.1 Å². The second-order valence-corrected chi connectivity index (χ2v) is 8.03. The van der Waals surface area contributed by atoms with Crippen molar-refractivity contribution in [2.45, 2.75) is 52.4 Å². The summed E-state index contributed by atoms with van der Waals surface area (Å²) in [4.78, 5) is 4.67. The Kier molecular flexibility index (Phi) is 5.35. The van der Waals surface area contributed by atoms with E-state index in [1.807, 2.05) is 23.1 Å². The smallest absolute Gasteiger partial charge is 0.123 e. The zero-order valence-electron chi connectivity index (χ0n) is 17.4. The summed E-state index contributed by atoms with van der Waals surface area (Å²) >= 11 is 0. The molecule has 0 amide bonds. The molecule has 0 fully saturated rings. The number of nitrogens with zero attached hydrogens (tertiary/aromatic N) is 3. The SMILES string of the molecule is CCCC1=Cc2c(cnn2-c2ccc(F)cc2)CC1(CC)C(C)c1ccccn1. The number of fused-ring (bicyclic) bond motifs is 1. The van der Waals surface area contributed by atoms with Crippen molar-refractivity contribution in [2.75, 3.05) is 0 Å². The molecule has 0 aliphatic heterocycles. The Morgan fingerprint density at radius 1 is 1.14 bits per heavy atom. The van der Waals surface area contributed by atoms with Gasteiger partial charge in [-0.15, -0.1) is 0 Å². The van der Waals surface area contributed by atoms with Gasteiger partial charge >= 0.3 is 0 Å². The number of rotatable bonds is 6. The minimum absolute atomic E-state index is 0.0357. The molecule has 3 nitrogen and oxygen atoms in total. The highest BCUT2D eigenvalue weighted by Crippen LogP contribution is 2.52. The molecule has 4 rings (SSSR count). The molecular weight excluding hydrogens is 361 g/mol. The molecule has 1 aromatic carbocycles. The Balaban J connectivity index is 1.81. The molecule has 29 heavy (non-hydrogen) atoms. The summed E-state index contributed by atoms with van der Waals surface area (Å²) in [5, 5.41) is 4.66. The van der Waals surface area contributed by atoms with Gasteiger partial charge in [-0.3, -0.25) is 4.98 Å². The minimum atomic E-state index is -0.230. The maximum Gasteiger partial charge on any atom is 0.123 e. The first-order valence-corrected chi connectivity index (χ1v) is 10.5. The van der Waals surface area contributed by atoms with E-state index < -0.39 is 0 Å². The first-order valence-electron chi connectivity index (χ1n) is 10.5. The summed E-state index contributed by atoms with van der Waals surface area (Å²) in [6, 6.07) is 12.7. The van der Waals surface area contributed by atoms with Crippen molar-refractivity contribution in [2.24, 2.45) is 5.41 Å². The molecule has 0 bridgehead atoms. The van der Waals surface area contributed by atoms with Gasteiger partial charge in [0.1, 0.15) is 5.82 Å². The number of hydrogen-bond acceptors (Lipinski definition) is 2. The van der Waals surface area contributed by atoms with Crippen molar-refractivity contribution in [3.05, 3.63) is 83.2 Å². The summed E-state index contributed by atoms with van der Waals surface area (Å²) in [5.41, 5.74) is 5.91. The fourth-order valence-corrected chi connectivity index (χ4v) is 4.83. The van der Waals surface area contributed by atoms with Crippen molar-refractivity contribution < 1.29 is 4.39 Å². The quantitative estimate of drug-likeness (QED) is 0.492. The van der Waals surface area contributed by atoms with E-state index in [2.05, 4.69) is 49.1 Å². The molecule has 4 heteroatoms. The second-order valence-electron chi connectivity index (χ2n) is 8.03. The second kappa shape index (κ2) is 7.94. The number of aromatic nitrogens is 3. The van der Waals surface area contributed by atoms with Crippen LogP contribution >= 0.6 is 0 Å². The maximum absolute atomic E-state index is 13.4. The van der Waals surface area contributed by atoms with Gasteiger partial charge in [-0.25, -0.2) is 9.07 Å². The number of allylic oxidation sites excluding steroid dienone is 1. The van der Waals surface area contributed by atoms with Crippen LogP contribution in [0.25, 0.3) is 11.8 Å². The van der Waals surface area contributed by atoms with Gasteiger partial charge in [0.05, 0.1) is 17.6 Å². The lowest BCUT2D eigenvalue weighted by Gasteiger charge is -2.43. The number of benzene rings is 1. The molecule has 1 aliphatic rings. The number of pyridine rings is 1. The zero-order valence-corrected chi connectivity index (χ0v) is 17.4. The molecule has 2 atom stereocenters. The van der Waals surface area contributed by atoms with Crippen molar-refractivity contribution in [1.29, 1.82) is 0 Å². The molecule has 2 aromatic heterocycles. The lowest BCUT2D eigenvalue weighted by atomic mass is 9.61. The number of halogens is 1. The highest BCUT2D eigenvalue weighted by Gasteiger charge is 2.42. The third-order valence-electron chi connectivity index (χ3n) is 6.52. The Morgan fingerprint density at radius 2 is 1.93 bits per heavy atom. The number of hydrogen-bond donors (Lipinski definition) is 0. The van der Waals surface area contributed by atoms with Crippen LogP contribution in [0.5, 0.6) is 0 Å². The third-order valence-corrected chi connectivity index (χ3v) is 6.52. The normalized spacial score (nSPS) is 19.5. The molecule has 150 valence electrons. The Morgan fingerprint density at radius 3 is 2.59 bits per heavy atom. The van der Waals surface area contributed by atoms with Crippen LogP contribution in [0.1, 0.15) is 62.9 Å². The van der Waals surface area contributed by atoms with E-state index in [4.69, 9.17) is 0 Å². The molecule has 2 heterocycles. The molecule has 2 unspecified atom stereocenters. The molecule has 0 saturated carbocycles. The average molecular weight is 390 g/mol. The van der Waals surface area contributed by atoms with Crippen LogP contribution in [0, 0.1) is 11.2 Å². The lowest BCUT2D eigenvalue weighted by molar-refractivity contribution is 0.264. The Hall–Kier alpha value is -2.75. The van der Waals surface area contributed by atoms with Crippen LogP contribution < -0.4 is 0 Å². The van der Waals surface area contributed by atoms with E-state index in [0.29, 0.717) is 5.92 Å². The van der Waals surface area contributed by atoms with Crippen molar-refractivity contribution in [1.82, 2.24) is 14.8 Å². The van der Waals surface area contributed by atoms with Crippen LogP contribution in [0.2, 0.25) is 0 Å². The predicted octanol–water partition coefficient (Wildman–Crippen LogP) is 6.35. The fourth-order valence-electron chi connectivity index (χ4n) is 4.83. The van der Waals surface area contributed by atoms with Crippen LogP contribution in [-0.2, 0) is 6.42 Å². The highest BCUT2D eigenvalue weighted by atomic mass is 19.1. The summed E-state index contributed by atoms with van der Waals surface area (Å²) in [5.74, 6) is 0.0833. The predicted molar refractivity (Wildman–Crippen MR) is 115 cm³/mol. The van der Waals surface area contributed by atoms with Gasteiger partial charge in [-0.05, 0) is 67.3 Å². The average Bonchev–Trinajstić information content (AvgIpc) is 3.16. The lowest BCUT2D eigenvalue weighted by Crippen LogP contribution is -2.34. The van der Waals surface area contributed by atoms with Crippen molar-refractivity contribution in [3.8, 4) is 5.69 Å². The minimum Gasteiger partial charge on any atom is -0.261 e. The van der Waals surface area contributed by atoms with Gasteiger partial charge in [0, 0.05) is 23.2 Å². The van der Waals surface area contributed by atoms with E-state index in [-0.39, 0.29) is 11.2 Å². The van der Waals surface area contributed by atoms with Crippen LogP contribution in [0.15, 0.2) is 60.4 Å². The van der Waals surface area contributed by atoms with Gasteiger partial charge in [0.15, 0.2) is 0 Å². The maximum atomic E-state index is 13.4.